The Morgan fingerprint density at radius 2 is 2.46 bits per heavy atom. The molecule has 0 radical (unpaired) electrons. The van der Waals surface area contributed by atoms with Crippen LogP contribution in [-0.2, 0) is 4.74 Å². The maximum atomic E-state index is 5.77. The van der Waals surface area contributed by atoms with Crippen molar-refractivity contribution >= 4 is 33.0 Å². The molecule has 0 aliphatic carbocycles. The maximum absolute atomic E-state index is 5.77. The number of anilines is 1. The third-order valence-corrected chi connectivity index (χ3v) is 4.34. The molecule has 1 aliphatic rings. The maximum Gasteiger partial charge on any atom is 0.0930 e. The molecule has 4 heteroatoms. The Balaban J connectivity index is 2.14. The standard InChI is InChI=1S/C9H12BrNOS/c10-9-7(11)4-8(13-9)6-2-1-3-12-5-6/h4,6H,1-3,5,11H2. The zero-order chi connectivity index (χ0) is 9.26. The van der Waals surface area contributed by atoms with Crippen LogP contribution in [0.2, 0.25) is 0 Å². The zero-order valence-electron chi connectivity index (χ0n) is 7.25. The molecule has 0 spiro atoms. The average Bonchev–Trinajstić information content (AvgIpc) is 2.49. The fraction of sp³-hybridized carbons (Fsp3) is 0.556. The summed E-state index contributed by atoms with van der Waals surface area (Å²) in [6.07, 6.45) is 2.40. The van der Waals surface area contributed by atoms with Crippen molar-refractivity contribution in [3.63, 3.8) is 0 Å². The van der Waals surface area contributed by atoms with Gasteiger partial charge >= 0.3 is 0 Å². The SMILES string of the molecule is Nc1cc(C2CCCOC2)sc1Br. The van der Waals surface area contributed by atoms with Crippen molar-refractivity contribution in [1.29, 1.82) is 0 Å². The highest BCUT2D eigenvalue weighted by Crippen LogP contribution is 2.37. The summed E-state index contributed by atoms with van der Waals surface area (Å²) in [4.78, 5) is 1.35. The molecule has 2 heterocycles. The Morgan fingerprint density at radius 3 is 3.00 bits per heavy atom. The van der Waals surface area contributed by atoms with Gasteiger partial charge in [-0.1, -0.05) is 0 Å². The van der Waals surface area contributed by atoms with Gasteiger partial charge in [-0.2, -0.15) is 0 Å². The van der Waals surface area contributed by atoms with E-state index in [1.807, 2.05) is 0 Å². The predicted molar refractivity (Wildman–Crippen MR) is 59.2 cm³/mol. The van der Waals surface area contributed by atoms with E-state index in [-0.39, 0.29) is 0 Å². The lowest BCUT2D eigenvalue weighted by Gasteiger charge is -2.20. The van der Waals surface area contributed by atoms with Crippen LogP contribution in [-0.4, -0.2) is 13.2 Å². The van der Waals surface area contributed by atoms with Crippen LogP contribution in [0.5, 0.6) is 0 Å². The third kappa shape index (κ3) is 2.06. The molecule has 0 bridgehead atoms. The van der Waals surface area contributed by atoms with Gasteiger partial charge in [0.15, 0.2) is 0 Å². The third-order valence-electron chi connectivity index (χ3n) is 2.29. The first-order valence-corrected chi connectivity index (χ1v) is 6.01. The second kappa shape index (κ2) is 3.98. The van der Waals surface area contributed by atoms with Crippen LogP contribution >= 0.6 is 27.3 Å². The van der Waals surface area contributed by atoms with Gasteiger partial charge in [0.25, 0.3) is 0 Å². The summed E-state index contributed by atoms with van der Waals surface area (Å²) in [5.41, 5.74) is 6.62. The van der Waals surface area contributed by atoms with Crippen molar-refractivity contribution in [2.75, 3.05) is 18.9 Å². The predicted octanol–water partition coefficient (Wildman–Crippen LogP) is 2.99. The van der Waals surface area contributed by atoms with E-state index in [9.17, 15) is 0 Å². The Labute approximate surface area is 90.2 Å². The molecule has 1 atom stereocenters. The number of hydrogen-bond donors (Lipinski definition) is 1. The van der Waals surface area contributed by atoms with Crippen LogP contribution in [0.3, 0.4) is 0 Å². The molecule has 2 nitrogen and oxygen atoms in total. The Morgan fingerprint density at radius 1 is 1.62 bits per heavy atom. The van der Waals surface area contributed by atoms with E-state index in [4.69, 9.17) is 10.5 Å². The van der Waals surface area contributed by atoms with Gasteiger partial charge in [-0.3, -0.25) is 0 Å². The number of ether oxygens (including phenoxy) is 1. The van der Waals surface area contributed by atoms with Gasteiger partial charge < -0.3 is 10.5 Å². The minimum absolute atomic E-state index is 0.562. The number of nitrogens with two attached hydrogens (primary N) is 1. The summed E-state index contributed by atoms with van der Waals surface area (Å²) in [5.74, 6) is 0.562. The minimum Gasteiger partial charge on any atom is -0.397 e. The van der Waals surface area contributed by atoms with E-state index >= 15 is 0 Å². The lowest BCUT2D eigenvalue weighted by atomic mass is 10.0. The van der Waals surface area contributed by atoms with Gasteiger partial charge in [0, 0.05) is 17.4 Å². The number of hydrogen-bond acceptors (Lipinski definition) is 3. The molecule has 2 rings (SSSR count). The largest absolute Gasteiger partial charge is 0.397 e. The first kappa shape index (κ1) is 9.49. The first-order chi connectivity index (χ1) is 6.27. The van der Waals surface area contributed by atoms with Crippen LogP contribution in [0, 0.1) is 0 Å². The molecule has 0 aromatic carbocycles. The average molecular weight is 262 g/mol. The van der Waals surface area contributed by atoms with Crippen molar-refractivity contribution in [3.8, 4) is 0 Å². The van der Waals surface area contributed by atoms with E-state index in [0.29, 0.717) is 5.92 Å². The van der Waals surface area contributed by atoms with Gasteiger partial charge in [0.2, 0.25) is 0 Å². The molecule has 1 aromatic heterocycles. The minimum atomic E-state index is 0.562. The fourth-order valence-electron chi connectivity index (χ4n) is 1.57. The van der Waals surface area contributed by atoms with Crippen molar-refractivity contribution in [2.45, 2.75) is 18.8 Å². The molecule has 0 amide bonds. The van der Waals surface area contributed by atoms with Crippen LogP contribution < -0.4 is 5.73 Å². The molecule has 1 fully saturated rings. The van der Waals surface area contributed by atoms with E-state index in [1.165, 1.54) is 17.7 Å². The molecule has 13 heavy (non-hydrogen) atoms. The van der Waals surface area contributed by atoms with Crippen molar-refractivity contribution in [2.24, 2.45) is 0 Å². The normalized spacial score (nSPS) is 23.3. The first-order valence-electron chi connectivity index (χ1n) is 4.40. The van der Waals surface area contributed by atoms with Crippen LogP contribution in [0.4, 0.5) is 5.69 Å². The lowest BCUT2D eigenvalue weighted by Crippen LogP contribution is -2.14. The Hall–Kier alpha value is -0.0600. The highest BCUT2D eigenvalue weighted by Gasteiger charge is 2.18. The van der Waals surface area contributed by atoms with E-state index in [1.54, 1.807) is 11.3 Å². The second-order valence-corrected chi connectivity index (χ2v) is 5.69. The summed E-state index contributed by atoms with van der Waals surface area (Å²) in [5, 5.41) is 0. The number of rotatable bonds is 1. The molecule has 1 saturated heterocycles. The van der Waals surface area contributed by atoms with Crippen LogP contribution in [0.1, 0.15) is 23.6 Å². The van der Waals surface area contributed by atoms with Gasteiger partial charge in [-0.05, 0) is 34.8 Å². The molecule has 2 N–H and O–H groups in total. The molecule has 0 saturated carbocycles. The Kier molecular flexibility index (Phi) is 2.91. The topological polar surface area (TPSA) is 35.2 Å². The summed E-state index contributed by atoms with van der Waals surface area (Å²) in [7, 11) is 0. The van der Waals surface area contributed by atoms with E-state index in [2.05, 4.69) is 22.0 Å². The highest BCUT2D eigenvalue weighted by atomic mass is 79.9. The van der Waals surface area contributed by atoms with Gasteiger partial charge in [0.05, 0.1) is 16.1 Å². The molecule has 1 unspecified atom stereocenters. The van der Waals surface area contributed by atoms with E-state index in [0.717, 1.165) is 22.7 Å². The summed E-state index contributed by atoms with van der Waals surface area (Å²) < 4.78 is 6.49. The van der Waals surface area contributed by atoms with Crippen molar-refractivity contribution in [3.05, 3.63) is 14.7 Å². The highest BCUT2D eigenvalue weighted by molar-refractivity contribution is 9.11. The van der Waals surface area contributed by atoms with Crippen LogP contribution in [0.25, 0.3) is 0 Å². The smallest absolute Gasteiger partial charge is 0.0930 e. The summed E-state index contributed by atoms with van der Waals surface area (Å²) in [6.45, 7) is 1.77. The fourth-order valence-corrected chi connectivity index (χ4v) is 3.17. The Bertz CT molecular complexity index is 274. The van der Waals surface area contributed by atoms with Gasteiger partial charge in [-0.25, -0.2) is 0 Å². The monoisotopic (exact) mass is 261 g/mol. The van der Waals surface area contributed by atoms with Gasteiger partial charge in [0.1, 0.15) is 0 Å². The molecule has 72 valence electrons. The number of halogens is 1. The zero-order valence-corrected chi connectivity index (χ0v) is 9.66. The molecular formula is C9H12BrNOS. The summed E-state index contributed by atoms with van der Waals surface area (Å²) in [6, 6.07) is 2.06. The van der Waals surface area contributed by atoms with Crippen LogP contribution in [0.15, 0.2) is 9.85 Å². The quantitative estimate of drug-likeness (QED) is 0.844. The molecular weight excluding hydrogens is 250 g/mol. The molecule has 1 aromatic rings. The van der Waals surface area contributed by atoms with E-state index < -0.39 is 0 Å². The molecule has 1 aliphatic heterocycles. The second-order valence-electron chi connectivity index (χ2n) is 3.29. The van der Waals surface area contributed by atoms with Crippen molar-refractivity contribution < 1.29 is 4.74 Å². The number of thiophene rings is 1. The number of nitrogen functional groups attached to an aromatic ring is 1. The van der Waals surface area contributed by atoms with Gasteiger partial charge in [-0.15, -0.1) is 11.3 Å². The summed E-state index contributed by atoms with van der Waals surface area (Å²) >= 11 is 5.17. The lowest BCUT2D eigenvalue weighted by molar-refractivity contribution is 0.0814. The van der Waals surface area contributed by atoms with Crippen molar-refractivity contribution in [1.82, 2.24) is 0 Å².